The van der Waals surface area contributed by atoms with Gasteiger partial charge in [0.2, 0.25) is 5.95 Å². The lowest BCUT2D eigenvalue weighted by molar-refractivity contribution is 0.990. The van der Waals surface area contributed by atoms with Crippen LogP contribution in [0, 0.1) is 0 Å². The van der Waals surface area contributed by atoms with Gasteiger partial charge in [0.25, 0.3) is 0 Å². The van der Waals surface area contributed by atoms with Gasteiger partial charge in [-0.05, 0) is 31.2 Å². The second kappa shape index (κ2) is 5.79. The van der Waals surface area contributed by atoms with E-state index in [0.29, 0.717) is 5.95 Å². The van der Waals surface area contributed by atoms with Gasteiger partial charge in [-0.1, -0.05) is 30.3 Å². The molecule has 0 fully saturated rings. The number of fused-ring (bicyclic) bond motifs is 1. The van der Waals surface area contributed by atoms with Crippen LogP contribution in [-0.4, -0.2) is 23.6 Å². The molecule has 0 bridgehead atoms. The van der Waals surface area contributed by atoms with Crippen molar-refractivity contribution in [2.45, 2.75) is 6.92 Å². The zero-order valence-electron chi connectivity index (χ0n) is 12.2. The highest BCUT2D eigenvalue weighted by Gasteiger charge is 2.14. The molecule has 21 heavy (non-hydrogen) atoms. The van der Waals surface area contributed by atoms with Crippen LogP contribution >= 0.6 is 0 Å². The fourth-order valence-electron chi connectivity index (χ4n) is 2.44. The van der Waals surface area contributed by atoms with Gasteiger partial charge in [-0.3, -0.25) is 0 Å². The molecule has 0 spiro atoms. The van der Waals surface area contributed by atoms with Crippen LogP contribution in [0.25, 0.3) is 10.9 Å². The molecule has 0 atom stereocenters. The van der Waals surface area contributed by atoms with Crippen LogP contribution in [0.4, 0.5) is 17.5 Å². The molecule has 4 heteroatoms. The number of nitrogens with one attached hydrogen (secondary N) is 1. The van der Waals surface area contributed by atoms with E-state index in [1.165, 1.54) is 0 Å². The molecule has 0 saturated carbocycles. The minimum Gasteiger partial charge on any atom is -0.357 e. The summed E-state index contributed by atoms with van der Waals surface area (Å²) in [6.45, 7) is 2.97. The van der Waals surface area contributed by atoms with Crippen LogP contribution in [0.3, 0.4) is 0 Å². The Balaban J connectivity index is 2.22. The third-order valence-electron chi connectivity index (χ3n) is 3.45. The summed E-state index contributed by atoms with van der Waals surface area (Å²) in [4.78, 5) is 11.4. The van der Waals surface area contributed by atoms with Crippen LogP contribution in [0.2, 0.25) is 0 Å². The number of para-hydroxylation sites is 2. The third kappa shape index (κ3) is 2.52. The maximum atomic E-state index is 4.67. The SMILES string of the molecule is CCN(c1ccccc1)c1nc(NC)nc2ccccc12. The highest BCUT2D eigenvalue weighted by atomic mass is 15.2. The Morgan fingerprint density at radius 1 is 0.952 bits per heavy atom. The zero-order valence-corrected chi connectivity index (χ0v) is 12.2. The summed E-state index contributed by atoms with van der Waals surface area (Å²) in [5.74, 6) is 1.57. The molecule has 2 aromatic carbocycles. The number of hydrogen-bond donors (Lipinski definition) is 1. The van der Waals surface area contributed by atoms with E-state index >= 15 is 0 Å². The smallest absolute Gasteiger partial charge is 0.224 e. The summed E-state index contributed by atoms with van der Waals surface area (Å²) in [6.07, 6.45) is 0. The summed E-state index contributed by atoms with van der Waals surface area (Å²) in [6, 6.07) is 18.4. The summed E-state index contributed by atoms with van der Waals surface area (Å²) < 4.78 is 0. The largest absolute Gasteiger partial charge is 0.357 e. The predicted octanol–water partition coefficient (Wildman–Crippen LogP) is 3.83. The Kier molecular flexibility index (Phi) is 3.69. The fraction of sp³-hybridized carbons (Fsp3) is 0.176. The molecule has 0 radical (unpaired) electrons. The second-order valence-corrected chi connectivity index (χ2v) is 4.72. The Morgan fingerprint density at radius 2 is 1.67 bits per heavy atom. The van der Waals surface area contributed by atoms with E-state index in [1.54, 1.807) is 0 Å². The van der Waals surface area contributed by atoms with E-state index in [9.17, 15) is 0 Å². The average Bonchev–Trinajstić information content (AvgIpc) is 2.56. The Bertz CT molecular complexity index is 740. The van der Waals surface area contributed by atoms with Gasteiger partial charge in [-0.25, -0.2) is 4.98 Å². The molecule has 4 nitrogen and oxygen atoms in total. The molecule has 3 aromatic rings. The third-order valence-corrected chi connectivity index (χ3v) is 3.45. The van der Waals surface area contributed by atoms with Crippen molar-refractivity contribution in [3.8, 4) is 0 Å². The monoisotopic (exact) mass is 278 g/mol. The molecule has 0 amide bonds. The number of hydrogen-bond acceptors (Lipinski definition) is 4. The van der Waals surface area contributed by atoms with E-state index in [-0.39, 0.29) is 0 Å². The lowest BCUT2D eigenvalue weighted by Crippen LogP contribution is -2.18. The first-order valence-corrected chi connectivity index (χ1v) is 7.10. The van der Waals surface area contributed by atoms with E-state index in [0.717, 1.165) is 29.0 Å². The highest BCUT2D eigenvalue weighted by molar-refractivity contribution is 5.92. The fourth-order valence-corrected chi connectivity index (χ4v) is 2.44. The number of nitrogens with zero attached hydrogens (tertiary/aromatic N) is 3. The van der Waals surface area contributed by atoms with Gasteiger partial charge >= 0.3 is 0 Å². The Hall–Kier alpha value is -2.62. The quantitative estimate of drug-likeness (QED) is 0.787. The van der Waals surface area contributed by atoms with Crippen LogP contribution in [0.15, 0.2) is 54.6 Å². The normalized spacial score (nSPS) is 10.6. The number of aromatic nitrogens is 2. The van der Waals surface area contributed by atoms with Crippen LogP contribution in [0.5, 0.6) is 0 Å². The molecule has 0 aliphatic rings. The maximum absolute atomic E-state index is 4.67. The molecule has 0 saturated heterocycles. The number of rotatable bonds is 4. The molecule has 0 aliphatic heterocycles. The molecular formula is C17H18N4. The second-order valence-electron chi connectivity index (χ2n) is 4.72. The molecule has 1 heterocycles. The van der Waals surface area contributed by atoms with E-state index in [2.05, 4.69) is 45.3 Å². The first-order chi connectivity index (χ1) is 10.3. The molecule has 1 aromatic heterocycles. The van der Waals surface area contributed by atoms with Crippen molar-refractivity contribution in [2.75, 3.05) is 23.8 Å². The zero-order chi connectivity index (χ0) is 14.7. The van der Waals surface area contributed by atoms with Gasteiger partial charge < -0.3 is 10.2 Å². The van der Waals surface area contributed by atoms with Crippen molar-refractivity contribution in [1.82, 2.24) is 9.97 Å². The Morgan fingerprint density at radius 3 is 2.38 bits per heavy atom. The van der Waals surface area contributed by atoms with E-state index in [4.69, 9.17) is 0 Å². The predicted molar refractivity (Wildman–Crippen MR) is 88.2 cm³/mol. The van der Waals surface area contributed by atoms with Gasteiger partial charge in [0.05, 0.1) is 5.52 Å². The highest BCUT2D eigenvalue weighted by Crippen LogP contribution is 2.30. The van der Waals surface area contributed by atoms with Gasteiger partial charge in [0, 0.05) is 24.7 Å². The van der Waals surface area contributed by atoms with Crippen molar-refractivity contribution in [2.24, 2.45) is 0 Å². The number of benzene rings is 2. The van der Waals surface area contributed by atoms with Crippen LogP contribution in [-0.2, 0) is 0 Å². The van der Waals surface area contributed by atoms with E-state index < -0.39 is 0 Å². The first-order valence-electron chi connectivity index (χ1n) is 7.10. The lowest BCUT2D eigenvalue weighted by atomic mass is 10.2. The molecule has 3 rings (SSSR count). The average molecular weight is 278 g/mol. The molecular weight excluding hydrogens is 260 g/mol. The van der Waals surface area contributed by atoms with Gasteiger partial charge in [-0.15, -0.1) is 0 Å². The van der Waals surface area contributed by atoms with Crippen molar-refractivity contribution in [3.05, 3.63) is 54.6 Å². The molecule has 0 unspecified atom stereocenters. The summed E-state index contributed by atoms with van der Waals surface area (Å²) in [5, 5.41) is 4.10. The lowest BCUT2D eigenvalue weighted by Gasteiger charge is -2.23. The molecule has 0 aliphatic carbocycles. The summed E-state index contributed by atoms with van der Waals surface area (Å²) in [7, 11) is 1.84. The first kappa shape index (κ1) is 13.4. The van der Waals surface area contributed by atoms with Gasteiger partial charge in [0.1, 0.15) is 5.82 Å². The van der Waals surface area contributed by atoms with Crippen molar-refractivity contribution in [3.63, 3.8) is 0 Å². The number of anilines is 3. The van der Waals surface area contributed by atoms with Crippen molar-refractivity contribution < 1.29 is 0 Å². The van der Waals surface area contributed by atoms with Crippen molar-refractivity contribution in [1.29, 1.82) is 0 Å². The van der Waals surface area contributed by atoms with E-state index in [1.807, 2.05) is 43.4 Å². The summed E-state index contributed by atoms with van der Waals surface area (Å²) in [5.41, 5.74) is 2.08. The Labute approximate surface area is 124 Å². The van der Waals surface area contributed by atoms with Crippen molar-refractivity contribution >= 4 is 28.4 Å². The van der Waals surface area contributed by atoms with Gasteiger partial charge in [0.15, 0.2) is 0 Å². The minimum absolute atomic E-state index is 0.637. The van der Waals surface area contributed by atoms with Crippen LogP contribution < -0.4 is 10.2 Å². The topological polar surface area (TPSA) is 41.1 Å². The summed E-state index contributed by atoms with van der Waals surface area (Å²) >= 11 is 0. The standard InChI is InChI=1S/C17H18N4/c1-3-21(13-9-5-4-6-10-13)16-14-11-7-8-12-15(14)19-17(18-2)20-16/h4-12H,3H2,1-2H3,(H,18,19,20). The molecule has 1 N–H and O–H groups in total. The van der Waals surface area contributed by atoms with Crippen LogP contribution in [0.1, 0.15) is 6.92 Å². The maximum Gasteiger partial charge on any atom is 0.224 e. The minimum atomic E-state index is 0.637. The molecule has 106 valence electrons. The van der Waals surface area contributed by atoms with Gasteiger partial charge in [-0.2, -0.15) is 4.98 Å².